The summed E-state index contributed by atoms with van der Waals surface area (Å²) in [7, 11) is -2.49. The predicted octanol–water partition coefficient (Wildman–Crippen LogP) is 0.165. The van der Waals surface area contributed by atoms with Gasteiger partial charge in [0.1, 0.15) is 5.75 Å². The van der Waals surface area contributed by atoms with Crippen LogP contribution < -0.4 is 25.9 Å². The molecule has 2 aromatic carbocycles. The number of hydrogen-bond acceptors (Lipinski definition) is 7. The number of nitrogens with one attached hydrogen (secondary N) is 3. The van der Waals surface area contributed by atoms with Crippen LogP contribution in [0.1, 0.15) is 17.4 Å². The lowest BCUT2D eigenvalue weighted by molar-refractivity contribution is -0.120. The second kappa shape index (κ2) is 9.58. The molecular weight excluding hydrogens is 438 g/mol. The highest BCUT2D eigenvalue weighted by molar-refractivity contribution is 7.89. The number of benzene rings is 2. The number of carbonyl (C=O) groups excluding carboxylic acids is 2. The molecule has 11 nitrogen and oxygen atoms in total. The molecular formula is C20H21N5O6S. The smallest absolute Gasteiger partial charge is 0.290 e. The maximum atomic E-state index is 12.6. The minimum absolute atomic E-state index is 0.0485. The van der Waals surface area contributed by atoms with Crippen LogP contribution in [0.3, 0.4) is 0 Å². The van der Waals surface area contributed by atoms with Gasteiger partial charge in [-0.2, -0.15) is 5.10 Å². The summed E-state index contributed by atoms with van der Waals surface area (Å²) in [5, 5.41) is 4.70. The van der Waals surface area contributed by atoms with E-state index in [-0.39, 0.29) is 22.7 Å². The molecule has 0 spiro atoms. The molecule has 0 saturated heterocycles. The largest absolute Gasteiger partial charge is 0.497 e. The van der Waals surface area contributed by atoms with E-state index in [0.29, 0.717) is 16.5 Å². The number of nitrogens with zero attached hydrogens (tertiary/aromatic N) is 2. The number of ether oxygens (including phenoxy) is 1. The molecule has 3 aromatic rings. The van der Waals surface area contributed by atoms with Gasteiger partial charge in [0.15, 0.2) is 5.69 Å². The third-order valence-corrected chi connectivity index (χ3v) is 5.91. The molecule has 3 rings (SSSR count). The zero-order valence-electron chi connectivity index (χ0n) is 17.3. The molecule has 0 saturated carbocycles. The van der Waals surface area contributed by atoms with E-state index >= 15 is 0 Å². The van der Waals surface area contributed by atoms with E-state index in [1.807, 2.05) is 0 Å². The van der Waals surface area contributed by atoms with E-state index in [1.54, 1.807) is 31.2 Å². The van der Waals surface area contributed by atoms with Crippen LogP contribution in [0, 0.1) is 0 Å². The van der Waals surface area contributed by atoms with Crippen molar-refractivity contribution in [1.82, 2.24) is 25.4 Å². The standard InChI is InChI=1S/C20H21N5O6S/c1-3-25-20(28)16-7-5-4-6-15(16)18(24-25)19(27)23-22-17(26)12-21-32(29,30)14-10-8-13(31-2)9-11-14/h4-11,21H,3,12H2,1-2H3,(H,22,26)(H,23,27). The molecule has 2 amide bonds. The van der Waals surface area contributed by atoms with Crippen LogP contribution in [0.4, 0.5) is 0 Å². The number of amides is 2. The van der Waals surface area contributed by atoms with Gasteiger partial charge in [-0.15, -0.1) is 0 Å². The minimum atomic E-state index is -3.94. The molecule has 0 bridgehead atoms. The van der Waals surface area contributed by atoms with Gasteiger partial charge in [-0.25, -0.2) is 17.8 Å². The number of rotatable bonds is 7. The van der Waals surface area contributed by atoms with Gasteiger partial charge in [0.2, 0.25) is 10.0 Å². The molecule has 0 aliphatic rings. The van der Waals surface area contributed by atoms with Crippen LogP contribution >= 0.6 is 0 Å². The lowest BCUT2D eigenvalue weighted by Crippen LogP contribution is -2.47. The molecule has 32 heavy (non-hydrogen) atoms. The highest BCUT2D eigenvalue weighted by Crippen LogP contribution is 2.15. The maximum Gasteiger partial charge on any atom is 0.290 e. The Balaban J connectivity index is 1.66. The Labute approximate surface area is 183 Å². The molecule has 3 N–H and O–H groups in total. The fraction of sp³-hybridized carbons (Fsp3) is 0.200. The second-order valence-corrected chi connectivity index (χ2v) is 8.28. The fourth-order valence-electron chi connectivity index (χ4n) is 2.85. The van der Waals surface area contributed by atoms with Crippen LogP contribution in [0.25, 0.3) is 10.8 Å². The summed E-state index contributed by atoms with van der Waals surface area (Å²) in [4.78, 5) is 36.9. The fourth-order valence-corrected chi connectivity index (χ4v) is 3.83. The first kappa shape index (κ1) is 22.9. The molecule has 0 aliphatic carbocycles. The van der Waals surface area contributed by atoms with E-state index in [1.165, 1.54) is 31.4 Å². The van der Waals surface area contributed by atoms with Gasteiger partial charge in [0, 0.05) is 11.9 Å². The normalized spacial score (nSPS) is 11.2. The number of fused-ring (bicyclic) bond motifs is 1. The Kier molecular flexibility index (Phi) is 6.85. The van der Waals surface area contributed by atoms with Gasteiger partial charge >= 0.3 is 0 Å². The van der Waals surface area contributed by atoms with E-state index in [0.717, 1.165) is 4.68 Å². The van der Waals surface area contributed by atoms with Gasteiger partial charge in [-0.1, -0.05) is 18.2 Å². The third kappa shape index (κ3) is 4.92. The Hall–Kier alpha value is -3.77. The molecule has 0 atom stereocenters. The second-order valence-electron chi connectivity index (χ2n) is 6.52. The zero-order valence-corrected chi connectivity index (χ0v) is 18.1. The van der Waals surface area contributed by atoms with Crippen LogP contribution in [-0.4, -0.2) is 43.7 Å². The average molecular weight is 459 g/mol. The zero-order chi connectivity index (χ0) is 23.3. The summed E-state index contributed by atoms with van der Waals surface area (Å²) in [5.74, 6) is -1.07. The highest BCUT2D eigenvalue weighted by Gasteiger charge is 2.18. The quantitative estimate of drug-likeness (QED) is 0.426. The first-order valence-electron chi connectivity index (χ1n) is 9.49. The first-order chi connectivity index (χ1) is 15.3. The van der Waals surface area contributed by atoms with Crippen molar-refractivity contribution in [2.24, 2.45) is 0 Å². The molecule has 0 aliphatic heterocycles. The lowest BCUT2D eigenvalue weighted by Gasteiger charge is -2.11. The van der Waals surface area contributed by atoms with E-state index in [2.05, 4.69) is 20.7 Å². The summed E-state index contributed by atoms with van der Waals surface area (Å²) in [6, 6.07) is 12.1. The third-order valence-electron chi connectivity index (χ3n) is 4.49. The average Bonchev–Trinajstić information content (AvgIpc) is 2.81. The number of carbonyl (C=O) groups is 2. The van der Waals surface area contributed by atoms with Crippen LogP contribution in [0.15, 0.2) is 58.2 Å². The van der Waals surface area contributed by atoms with E-state index in [4.69, 9.17) is 4.74 Å². The number of aromatic nitrogens is 2. The summed E-state index contributed by atoms with van der Waals surface area (Å²) in [5.41, 5.74) is 3.92. The van der Waals surface area contributed by atoms with Crippen molar-refractivity contribution in [2.75, 3.05) is 13.7 Å². The monoisotopic (exact) mass is 459 g/mol. The predicted molar refractivity (Wildman–Crippen MR) is 115 cm³/mol. The highest BCUT2D eigenvalue weighted by atomic mass is 32.2. The van der Waals surface area contributed by atoms with Crippen LogP contribution in [-0.2, 0) is 21.4 Å². The van der Waals surface area contributed by atoms with Gasteiger partial charge in [0.05, 0.1) is 23.9 Å². The molecule has 1 heterocycles. The van der Waals surface area contributed by atoms with Crippen molar-refractivity contribution in [2.45, 2.75) is 18.4 Å². The van der Waals surface area contributed by atoms with Crippen molar-refractivity contribution in [3.05, 3.63) is 64.6 Å². The van der Waals surface area contributed by atoms with Gasteiger partial charge in [0.25, 0.3) is 17.4 Å². The van der Waals surface area contributed by atoms with Crippen molar-refractivity contribution in [3.63, 3.8) is 0 Å². The number of hydrogen-bond donors (Lipinski definition) is 3. The summed E-state index contributed by atoms with van der Waals surface area (Å²) < 4.78 is 32.8. The number of aryl methyl sites for hydroxylation is 1. The Bertz CT molecular complexity index is 1320. The maximum absolute atomic E-state index is 12.6. The van der Waals surface area contributed by atoms with Crippen molar-refractivity contribution in [1.29, 1.82) is 0 Å². The summed E-state index contributed by atoms with van der Waals surface area (Å²) in [6.45, 7) is 1.35. The van der Waals surface area contributed by atoms with Gasteiger partial charge in [-0.05, 0) is 37.3 Å². The molecule has 1 aromatic heterocycles. The minimum Gasteiger partial charge on any atom is -0.497 e. The van der Waals surface area contributed by atoms with Crippen LogP contribution in [0.5, 0.6) is 5.75 Å². The lowest BCUT2D eigenvalue weighted by atomic mass is 10.1. The molecule has 168 valence electrons. The Morgan fingerprint density at radius 1 is 1.03 bits per heavy atom. The van der Waals surface area contributed by atoms with E-state index in [9.17, 15) is 22.8 Å². The number of hydrazine groups is 1. The SMILES string of the molecule is CCn1nc(C(=O)NNC(=O)CNS(=O)(=O)c2ccc(OC)cc2)c2ccccc2c1=O. The molecule has 0 unspecified atom stereocenters. The van der Waals surface area contributed by atoms with Crippen LogP contribution in [0.2, 0.25) is 0 Å². The molecule has 12 heteroatoms. The first-order valence-corrected chi connectivity index (χ1v) is 11.0. The van der Waals surface area contributed by atoms with E-state index < -0.39 is 28.4 Å². The topological polar surface area (TPSA) is 148 Å². The Morgan fingerprint density at radius 3 is 2.31 bits per heavy atom. The van der Waals surface area contributed by atoms with Gasteiger partial charge in [-0.3, -0.25) is 25.2 Å². The summed E-state index contributed by atoms with van der Waals surface area (Å²) in [6.07, 6.45) is 0. The number of methoxy groups -OCH3 is 1. The summed E-state index contributed by atoms with van der Waals surface area (Å²) >= 11 is 0. The van der Waals surface area contributed by atoms with Crippen molar-refractivity contribution in [3.8, 4) is 5.75 Å². The van der Waals surface area contributed by atoms with Crippen molar-refractivity contribution < 1.29 is 22.7 Å². The number of sulfonamides is 1. The van der Waals surface area contributed by atoms with Gasteiger partial charge < -0.3 is 4.74 Å². The molecule has 0 fully saturated rings. The Morgan fingerprint density at radius 2 is 1.69 bits per heavy atom. The van der Waals surface area contributed by atoms with Crippen molar-refractivity contribution >= 4 is 32.6 Å². The molecule has 0 radical (unpaired) electrons.